The van der Waals surface area contributed by atoms with Crippen LogP contribution in [0.5, 0.6) is 0 Å². The molecule has 0 aromatic rings. The molecule has 0 unspecified atom stereocenters. The summed E-state index contributed by atoms with van der Waals surface area (Å²) in [7, 11) is 0. The molecule has 2 saturated carbocycles. The predicted octanol–water partition coefficient (Wildman–Crippen LogP) is 0.420. The molecule has 3 fully saturated rings. The molecular formula is C38H54O14. The Labute approximate surface area is 303 Å². The van der Waals surface area contributed by atoms with Gasteiger partial charge in [-0.2, -0.15) is 0 Å². The van der Waals surface area contributed by atoms with Crippen LogP contribution in [0.4, 0.5) is 0 Å². The largest absolute Gasteiger partial charge is 0.459 e. The number of hydrogen-bond acceptors (Lipinski definition) is 14. The number of carbonyl (C=O) groups excluding carboxylic acids is 4. The molecule has 0 aromatic carbocycles. The fraction of sp³-hybridized carbons (Fsp3) is 0.737. The van der Waals surface area contributed by atoms with E-state index in [4.69, 9.17) is 14.2 Å². The monoisotopic (exact) mass is 734 g/mol. The Bertz CT molecular complexity index is 1610. The third-order valence-corrected chi connectivity index (χ3v) is 13.2. The van der Waals surface area contributed by atoms with Crippen molar-refractivity contribution in [1.29, 1.82) is 0 Å². The fourth-order valence-electron chi connectivity index (χ4n) is 10.4. The first-order chi connectivity index (χ1) is 23.7. The number of hydrogen-bond donors (Lipinski definition) is 7. The fourth-order valence-corrected chi connectivity index (χ4v) is 10.4. The average Bonchev–Trinajstić information content (AvgIpc) is 3.23. The molecule has 0 radical (unpaired) electrons. The van der Waals surface area contributed by atoms with Crippen LogP contribution < -0.4 is 0 Å². The van der Waals surface area contributed by atoms with Gasteiger partial charge in [-0.05, 0) is 70.1 Å². The van der Waals surface area contributed by atoms with Crippen LogP contribution in [0.1, 0.15) is 75.2 Å². The van der Waals surface area contributed by atoms with Gasteiger partial charge in [0, 0.05) is 36.5 Å². The molecule has 4 aliphatic carbocycles. The van der Waals surface area contributed by atoms with Crippen molar-refractivity contribution >= 4 is 23.3 Å². The third-order valence-electron chi connectivity index (χ3n) is 13.2. The summed E-state index contributed by atoms with van der Waals surface area (Å²) in [6.07, 6.45) is -5.45. The standard InChI is InChI=1S/C38H54O14/c1-17(40)52-33(2,3)11-10-24(43)38(9,49)30-21(42)14-35(6)29-20(41)12-18-19(37(29,8)25(44)15-36(30,35)7)13-22(31(48)34(18,4)5)50-32-28(47)27(46)26(45)23(16-39)51-32/h10-13,19-21,23,26-30,32,39,41-42,45-47,49H,14-16H2,1-9H3/b11-10+/t19-,20-,21-,23-,26-,27+,28-,29+,30+,32-,35+,36-,37-,38-/m1/s1. The van der Waals surface area contributed by atoms with Crippen molar-refractivity contribution in [2.75, 3.05) is 6.61 Å². The van der Waals surface area contributed by atoms with Gasteiger partial charge in [0.1, 0.15) is 41.4 Å². The van der Waals surface area contributed by atoms with Crippen LogP contribution in [-0.2, 0) is 33.4 Å². The Balaban J connectivity index is 1.56. The molecule has 14 heteroatoms. The lowest BCUT2D eigenvalue weighted by atomic mass is 9.38. The van der Waals surface area contributed by atoms with Crippen LogP contribution in [-0.4, -0.2) is 120 Å². The number of Topliss-reactive ketones (excluding diaryl/α,β-unsaturated/α-hetero) is 2. The van der Waals surface area contributed by atoms with Gasteiger partial charge in [-0.25, -0.2) is 0 Å². The van der Waals surface area contributed by atoms with Gasteiger partial charge in [-0.1, -0.05) is 32.4 Å². The first-order valence-corrected chi connectivity index (χ1v) is 17.7. The van der Waals surface area contributed by atoms with Gasteiger partial charge < -0.3 is 50.0 Å². The van der Waals surface area contributed by atoms with Gasteiger partial charge in [0.25, 0.3) is 0 Å². The summed E-state index contributed by atoms with van der Waals surface area (Å²) in [6, 6.07) is 0. The highest BCUT2D eigenvalue weighted by atomic mass is 16.7. The quantitative estimate of drug-likeness (QED) is 0.102. The number of rotatable bonds is 8. The summed E-state index contributed by atoms with van der Waals surface area (Å²) in [6.45, 7) is 13.4. The zero-order valence-corrected chi connectivity index (χ0v) is 31.2. The third kappa shape index (κ3) is 5.85. The second-order valence-corrected chi connectivity index (χ2v) is 17.4. The number of ketones is 3. The Morgan fingerprint density at radius 3 is 2.15 bits per heavy atom. The number of esters is 1. The Morgan fingerprint density at radius 2 is 1.58 bits per heavy atom. The van der Waals surface area contributed by atoms with Gasteiger partial charge >= 0.3 is 5.97 Å². The van der Waals surface area contributed by atoms with Crippen molar-refractivity contribution in [2.24, 2.45) is 39.4 Å². The van der Waals surface area contributed by atoms with Crippen molar-refractivity contribution < 1.29 is 69.1 Å². The van der Waals surface area contributed by atoms with Gasteiger partial charge in [-0.15, -0.1) is 0 Å². The molecule has 0 aromatic heterocycles. The van der Waals surface area contributed by atoms with Crippen molar-refractivity contribution in [3.63, 3.8) is 0 Å². The van der Waals surface area contributed by atoms with Gasteiger partial charge in [0.05, 0.1) is 24.2 Å². The SMILES string of the molecule is CC(=O)OC(C)(C)/C=C/C(=O)[C@@](C)(O)[C@H]1[C@H](O)C[C@@]2(C)[C@@H]3[C@H](O)C=C4[C@@H](C=C(O[C@@H]5O[C@H](CO)[C@@H](O)[C@H](O)[C@H]5O)C(=O)C4(C)C)[C@]3(C)C(=O)C[C@]12C. The number of aliphatic hydroxyl groups excluding tert-OH is 6. The molecule has 14 atom stereocenters. The van der Waals surface area contributed by atoms with E-state index in [1.165, 1.54) is 26.0 Å². The smallest absolute Gasteiger partial charge is 0.303 e. The van der Waals surface area contributed by atoms with Crippen LogP contribution in [0, 0.1) is 39.4 Å². The molecular weight excluding hydrogens is 680 g/mol. The molecule has 5 aliphatic rings. The van der Waals surface area contributed by atoms with Crippen LogP contribution in [0.3, 0.4) is 0 Å². The number of fused-ring (bicyclic) bond motifs is 5. The molecule has 1 heterocycles. The second kappa shape index (κ2) is 12.9. The molecule has 7 N–H and O–H groups in total. The van der Waals surface area contributed by atoms with E-state index in [0.29, 0.717) is 5.57 Å². The highest BCUT2D eigenvalue weighted by molar-refractivity contribution is 6.02. The van der Waals surface area contributed by atoms with E-state index in [2.05, 4.69) is 0 Å². The molecule has 5 rings (SSSR count). The van der Waals surface area contributed by atoms with E-state index in [-0.39, 0.29) is 24.4 Å². The molecule has 0 bridgehead atoms. The van der Waals surface area contributed by atoms with E-state index in [0.717, 1.165) is 6.08 Å². The lowest BCUT2D eigenvalue weighted by Gasteiger charge is -2.64. The number of ether oxygens (including phenoxy) is 3. The Morgan fingerprint density at radius 1 is 0.962 bits per heavy atom. The van der Waals surface area contributed by atoms with Crippen molar-refractivity contribution in [2.45, 2.75) is 129 Å². The molecule has 1 aliphatic heterocycles. The summed E-state index contributed by atoms with van der Waals surface area (Å²) in [5.41, 5.74) is -7.92. The van der Waals surface area contributed by atoms with Crippen LogP contribution >= 0.6 is 0 Å². The Hall–Kier alpha value is -2.82. The maximum absolute atomic E-state index is 14.8. The molecule has 0 amide bonds. The zero-order chi connectivity index (χ0) is 39.3. The molecule has 14 nitrogen and oxygen atoms in total. The zero-order valence-electron chi connectivity index (χ0n) is 31.2. The second-order valence-electron chi connectivity index (χ2n) is 17.4. The number of allylic oxidation sites excluding steroid dienone is 3. The normalized spacial score (nSPS) is 44.2. The minimum Gasteiger partial charge on any atom is -0.459 e. The first kappa shape index (κ1) is 40.4. The van der Waals surface area contributed by atoms with E-state index in [9.17, 15) is 54.9 Å². The minimum atomic E-state index is -2.19. The van der Waals surface area contributed by atoms with E-state index >= 15 is 0 Å². The summed E-state index contributed by atoms with van der Waals surface area (Å²) in [5.74, 6) is -5.39. The van der Waals surface area contributed by atoms with E-state index in [1.807, 2.05) is 6.92 Å². The predicted molar refractivity (Wildman–Crippen MR) is 181 cm³/mol. The highest BCUT2D eigenvalue weighted by Crippen LogP contribution is 2.73. The van der Waals surface area contributed by atoms with Crippen LogP contribution in [0.15, 0.2) is 35.6 Å². The molecule has 290 valence electrons. The van der Waals surface area contributed by atoms with Crippen molar-refractivity contribution in [1.82, 2.24) is 0 Å². The maximum atomic E-state index is 14.8. The van der Waals surface area contributed by atoms with Gasteiger partial charge in [0.2, 0.25) is 12.1 Å². The van der Waals surface area contributed by atoms with Gasteiger partial charge in [-0.3, -0.25) is 19.2 Å². The lowest BCUT2D eigenvalue weighted by molar-refractivity contribution is -0.291. The van der Waals surface area contributed by atoms with Crippen molar-refractivity contribution in [3.05, 3.63) is 35.6 Å². The lowest BCUT2D eigenvalue weighted by Crippen LogP contribution is -2.67. The average molecular weight is 735 g/mol. The first-order valence-electron chi connectivity index (χ1n) is 17.7. The van der Waals surface area contributed by atoms with Crippen LogP contribution in [0.2, 0.25) is 0 Å². The molecule has 0 spiro atoms. The van der Waals surface area contributed by atoms with E-state index < -0.39 is 118 Å². The highest BCUT2D eigenvalue weighted by Gasteiger charge is 2.76. The van der Waals surface area contributed by atoms with Gasteiger partial charge in [0.15, 0.2) is 11.5 Å². The summed E-state index contributed by atoms with van der Waals surface area (Å²) in [5, 5.41) is 76.6. The number of aliphatic hydroxyl groups is 7. The minimum absolute atomic E-state index is 0.0149. The molecule has 52 heavy (non-hydrogen) atoms. The maximum Gasteiger partial charge on any atom is 0.303 e. The topological polar surface area (TPSA) is 238 Å². The summed E-state index contributed by atoms with van der Waals surface area (Å²) >= 11 is 0. The van der Waals surface area contributed by atoms with Crippen LogP contribution in [0.25, 0.3) is 0 Å². The summed E-state index contributed by atoms with van der Waals surface area (Å²) in [4.78, 5) is 53.9. The summed E-state index contributed by atoms with van der Waals surface area (Å²) < 4.78 is 16.6. The molecule has 1 saturated heterocycles. The Kier molecular flexibility index (Phi) is 10.0. The van der Waals surface area contributed by atoms with E-state index in [1.54, 1.807) is 47.6 Å². The number of carbonyl (C=O) groups is 4. The van der Waals surface area contributed by atoms with Crippen molar-refractivity contribution in [3.8, 4) is 0 Å².